The van der Waals surface area contributed by atoms with Crippen molar-refractivity contribution in [2.75, 3.05) is 18.4 Å². The van der Waals surface area contributed by atoms with E-state index in [2.05, 4.69) is 58.5 Å². The molecule has 0 saturated carbocycles. The van der Waals surface area contributed by atoms with Gasteiger partial charge in [0.1, 0.15) is 0 Å². The fourth-order valence-corrected chi connectivity index (χ4v) is 3.28. The van der Waals surface area contributed by atoms with Crippen molar-refractivity contribution in [3.63, 3.8) is 0 Å². The van der Waals surface area contributed by atoms with Gasteiger partial charge in [-0.1, -0.05) is 31.1 Å². The summed E-state index contributed by atoms with van der Waals surface area (Å²) in [5.41, 5.74) is 2.36. The van der Waals surface area contributed by atoms with Crippen LogP contribution in [-0.2, 0) is 0 Å². The average molecular weight is 344 g/mol. The highest BCUT2D eigenvalue weighted by molar-refractivity contribution is 7.80. The van der Waals surface area contributed by atoms with E-state index in [0.717, 1.165) is 42.6 Å². The lowest BCUT2D eigenvalue weighted by atomic mass is 9.98. The predicted molar refractivity (Wildman–Crippen MR) is 99.3 cm³/mol. The Morgan fingerprint density at radius 1 is 1.33 bits per heavy atom. The maximum Gasteiger partial charge on any atom is 0.231 e. The van der Waals surface area contributed by atoms with Crippen molar-refractivity contribution >= 4 is 23.0 Å². The van der Waals surface area contributed by atoms with E-state index in [1.165, 1.54) is 5.56 Å². The smallest absolute Gasteiger partial charge is 0.231 e. The summed E-state index contributed by atoms with van der Waals surface area (Å²) in [5.74, 6) is 2.20. The molecular formula is C18H24N4OS. The fourth-order valence-electron chi connectivity index (χ4n) is 3.00. The molecule has 1 N–H and O–H groups in total. The molecule has 0 spiro atoms. The second-order valence-corrected chi connectivity index (χ2v) is 7.06. The summed E-state index contributed by atoms with van der Waals surface area (Å²) >= 11 is 5.60. The molecule has 128 valence electrons. The summed E-state index contributed by atoms with van der Waals surface area (Å²) < 4.78 is 5.33. The van der Waals surface area contributed by atoms with E-state index in [4.69, 9.17) is 16.7 Å². The Hall–Kier alpha value is -1.95. The van der Waals surface area contributed by atoms with Crippen LogP contribution in [0.15, 0.2) is 28.8 Å². The zero-order valence-electron chi connectivity index (χ0n) is 14.5. The lowest BCUT2D eigenvalue weighted by molar-refractivity contribution is 0.261. The Labute approximate surface area is 148 Å². The molecule has 1 aliphatic heterocycles. The fraction of sp³-hybridized carbons (Fsp3) is 0.500. The van der Waals surface area contributed by atoms with Gasteiger partial charge >= 0.3 is 0 Å². The van der Waals surface area contributed by atoms with Gasteiger partial charge in [-0.15, -0.1) is 0 Å². The molecule has 1 aromatic carbocycles. The Balaban J connectivity index is 1.62. The van der Waals surface area contributed by atoms with Crippen LogP contribution in [-0.4, -0.2) is 33.2 Å². The second kappa shape index (κ2) is 7.30. The third-order valence-electron chi connectivity index (χ3n) is 4.43. The predicted octanol–water partition coefficient (Wildman–Crippen LogP) is 4.08. The third kappa shape index (κ3) is 3.93. The van der Waals surface area contributed by atoms with Gasteiger partial charge < -0.3 is 14.7 Å². The summed E-state index contributed by atoms with van der Waals surface area (Å²) in [6, 6.07) is 8.47. The van der Waals surface area contributed by atoms with Crippen LogP contribution in [0, 0.1) is 6.92 Å². The third-order valence-corrected chi connectivity index (χ3v) is 4.79. The number of aromatic nitrogens is 2. The maximum absolute atomic E-state index is 5.60. The summed E-state index contributed by atoms with van der Waals surface area (Å²) in [7, 11) is 0. The number of thiocarbonyl (C=S) groups is 1. The van der Waals surface area contributed by atoms with Crippen molar-refractivity contribution < 1.29 is 4.52 Å². The summed E-state index contributed by atoms with van der Waals surface area (Å²) in [6.45, 7) is 8.01. The molecule has 1 saturated heterocycles. The van der Waals surface area contributed by atoms with Crippen LogP contribution in [0.3, 0.4) is 0 Å². The van der Waals surface area contributed by atoms with Gasteiger partial charge in [-0.05, 0) is 55.6 Å². The van der Waals surface area contributed by atoms with Gasteiger partial charge in [0.05, 0.1) is 5.92 Å². The summed E-state index contributed by atoms with van der Waals surface area (Å²) in [5, 5.41) is 8.00. The first-order valence-electron chi connectivity index (χ1n) is 8.49. The van der Waals surface area contributed by atoms with Gasteiger partial charge in [-0.25, -0.2) is 0 Å². The minimum atomic E-state index is 0.253. The highest BCUT2D eigenvalue weighted by atomic mass is 32.1. The number of benzene rings is 1. The Bertz CT molecular complexity index is 695. The second-order valence-electron chi connectivity index (χ2n) is 6.67. The number of nitrogens with one attached hydrogen (secondary N) is 1. The van der Waals surface area contributed by atoms with E-state index in [-0.39, 0.29) is 5.92 Å². The van der Waals surface area contributed by atoms with E-state index in [0.29, 0.717) is 11.7 Å². The normalized spacial score (nSPS) is 18.0. The quantitative estimate of drug-likeness (QED) is 0.847. The average Bonchev–Trinajstić information content (AvgIpc) is 3.02. The topological polar surface area (TPSA) is 54.2 Å². The molecule has 5 nitrogen and oxygen atoms in total. The Morgan fingerprint density at radius 2 is 2.08 bits per heavy atom. The number of piperidine rings is 1. The number of hydrogen-bond donors (Lipinski definition) is 1. The van der Waals surface area contributed by atoms with Gasteiger partial charge in [0, 0.05) is 18.8 Å². The molecular weight excluding hydrogens is 320 g/mol. The monoisotopic (exact) mass is 344 g/mol. The molecule has 0 aliphatic carbocycles. The van der Waals surface area contributed by atoms with Gasteiger partial charge in [0.15, 0.2) is 10.9 Å². The van der Waals surface area contributed by atoms with Crippen molar-refractivity contribution in [2.45, 2.75) is 45.4 Å². The number of aryl methyl sites for hydroxylation is 1. The molecule has 0 unspecified atom stereocenters. The molecule has 1 fully saturated rings. The first-order chi connectivity index (χ1) is 11.5. The molecule has 0 bridgehead atoms. The van der Waals surface area contributed by atoms with Crippen LogP contribution in [0.4, 0.5) is 5.69 Å². The van der Waals surface area contributed by atoms with Gasteiger partial charge in [0.2, 0.25) is 5.89 Å². The number of nitrogens with zero attached hydrogens (tertiary/aromatic N) is 3. The zero-order chi connectivity index (χ0) is 17.1. The van der Waals surface area contributed by atoms with Gasteiger partial charge in [0.25, 0.3) is 0 Å². The molecule has 1 atom stereocenters. The zero-order valence-corrected chi connectivity index (χ0v) is 15.3. The molecule has 24 heavy (non-hydrogen) atoms. The molecule has 3 rings (SSSR count). The Kier molecular flexibility index (Phi) is 5.14. The molecule has 2 aromatic rings. The van der Waals surface area contributed by atoms with Crippen LogP contribution in [0.25, 0.3) is 0 Å². The minimum Gasteiger partial charge on any atom is -0.348 e. The van der Waals surface area contributed by atoms with Gasteiger partial charge in [-0.3, -0.25) is 0 Å². The van der Waals surface area contributed by atoms with Crippen LogP contribution < -0.4 is 5.32 Å². The lowest BCUT2D eigenvalue weighted by Gasteiger charge is -2.33. The summed E-state index contributed by atoms with van der Waals surface area (Å²) in [6.07, 6.45) is 2.13. The molecule has 0 radical (unpaired) electrons. The molecule has 1 aromatic heterocycles. The van der Waals surface area contributed by atoms with E-state index in [1.54, 1.807) is 0 Å². The van der Waals surface area contributed by atoms with E-state index < -0.39 is 0 Å². The highest BCUT2D eigenvalue weighted by Crippen LogP contribution is 2.26. The molecule has 0 amide bonds. The molecule has 6 heteroatoms. The SMILES string of the molecule is Cc1noc([C@@H]2CCCN(C(=S)Nc3ccc(C(C)C)cc3)C2)n1. The lowest BCUT2D eigenvalue weighted by Crippen LogP contribution is -2.41. The van der Waals surface area contributed by atoms with Crippen molar-refractivity contribution in [1.29, 1.82) is 0 Å². The van der Waals surface area contributed by atoms with E-state index in [1.807, 2.05) is 6.92 Å². The number of anilines is 1. The minimum absolute atomic E-state index is 0.253. The van der Waals surface area contributed by atoms with Crippen molar-refractivity contribution in [1.82, 2.24) is 15.0 Å². The van der Waals surface area contributed by atoms with Crippen molar-refractivity contribution in [3.8, 4) is 0 Å². The summed E-state index contributed by atoms with van der Waals surface area (Å²) in [4.78, 5) is 6.56. The maximum atomic E-state index is 5.60. The van der Waals surface area contributed by atoms with Crippen molar-refractivity contribution in [2.24, 2.45) is 0 Å². The number of rotatable bonds is 3. The van der Waals surface area contributed by atoms with Crippen LogP contribution >= 0.6 is 12.2 Å². The van der Waals surface area contributed by atoms with Crippen LogP contribution in [0.5, 0.6) is 0 Å². The first kappa shape index (κ1) is 16.9. The highest BCUT2D eigenvalue weighted by Gasteiger charge is 2.26. The van der Waals surface area contributed by atoms with Gasteiger partial charge in [-0.2, -0.15) is 4.98 Å². The van der Waals surface area contributed by atoms with Crippen LogP contribution in [0.1, 0.15) is 55.8 Å². The molecule has 2 heterocycles. The van der Waals surface area contributed by atoms with Crippen molar-refractivity contribution in [3.05, 3.63) is 41.5 Å². The largest absolute Gasteiger partial charge is 0.348 e. The molecule has 1 aliphatic rings. The van der Waals surface area contributed by atoms with E-state index >= 15 is 0 Å². The number of likely N-dealkylation sites (tertiary alicyclic amines) is 1. The Morgan fingerprint density at radius 3 is 2.71 bits per heavy atom. The standard InChI is InChI=1S/C18H24N4OS/c1-12(2)14-6-8-16(9-7-14)20-18(24)22-10-4-5-15(11-22)17-19-13(3)21-23-17/h6-9,12,15H,4-5,10-11H2,1-3H3,(H,20,24)/t15-/m1/s1. The first-order valence-corrected chi connectivity index (χ1v) is 8.90. The number of hydrogen-bond acceptors (Lipinski definition) is 4. The van der Waals surface area contributed by atoms with Crippen LogP contribution in [0.2, 0.25) is 0 Å². The van der Waals surface area contributed by atoms with E-state index in [9.17, 15) is 0 Å².